The van der Waals surface area contributed by atoms with Gasteiger partial charge in [0.2, 0.25) is 0 Å². The summed E-state index contributed by atoms with van der Waals surface area (Å²) in [6.45, 7) is 10.6. The maximum Gasteiger partial charge on any atom is 0.0560 e. The fourth-order valence-electron chi connectivity index (χ4n) is 11.4. The van der Waals surface area contributed by atoms with Gasteiger partial charge in [0.15, 0.2) is 0 Å². The maximum absolute atomic E-state index is 2.55. The molecular weight excluding hydrogens is 751 g/mol. The van der Waals surface area contributed by atoms with Crippen molar-refractivity contribution in [1.29, 1.82) is 0 Å². The number of hydrogen-bond donors (Lipinski definition) is 0. The van der Waals surface area contributed by atoms with Crippen molar-refractivity contribution in [3.8, 4) is 11.1 Å². The standard InChI is InChI=1S/C59H51N3/c1-58(2)49-19-9-12-22-56(49)62(57-23-13-10-20-50(57)58)44-29-33-55-48(37-44)47-35-39(27-32-54(47)61(55)42-17-6-5-7-18-42)24-25-40-26-30-45-46-31-28-43(38-52(46)59(3,4)51(45)36-40)60-34-14-16-41-15-8-11-21-53(41)60/h5-13,15,17,19-33,35-38,42H,14,16,18,34H2,1-4H3. The predicted molar refractivity (Wildman–Crippen MR) is 263 cm³/mol. The van der Waals surface area contributed by atoms with Gasteiger partial charge in [-0.25, -0.2) is 0 Å². The molecule has 0 radical (unpaired) electrons. The van der Waals surface area contributed by atoms with Gasteiger partial charge in [-0.15, -0.1) is 0 Å². The van der Waals surface area contributed by atoms with Crippen molar-refractivity contribution in [2.75, 3.05) is 16.3 Å². The van der Waals surface area contributed by atoms with Gasteiger partial charge in [0.1, 0.15) is 0 Å². The van der Waals surface area contributed by atoms with Gasteiger partial charge in [-0.2, -0.15) is 0 Å². The smallest absolute Gasteiger partial charge is 0.0560 e. The molecule has 0 saturated carbocycles. The van der Waals surface area contributed by atoms with Gasteiger partial charge >= 0.3 is 0 Å². The summed E-state index contributed by atoms with van der Waals surface area (Å²) in [6.07, 6.45) is 16.9. The zero-order valence-corrected chi connectivity index (χ0v) is 36.1. The first-order valence-corrected chi connectivity index (χ1v) is 22.5. The lowest BCUT2D eigenvalue weighted by Gasteiger charge is -2.42. The molecule has 1 aromatic heterocycles. The molecule has 7 aromatic carbocycles. The monoisotopic (exact) mass is 801 g/mol. The number of rotatable bonds is 5. The molecule has 12 rings (SSSR count). The topological polar surface area (TPSA) is 11.4 Å². The van der Waals surface area contributed by atoms with Gasteiger partial charge in [-0.1, -0.05) is 149 Å². The number of benzene rings is 7. The number of aromatic nitrogens is 1. The van der Waals surface area contributed by atoms with Crippen LogP contribution in [0.15, 0.2) is 170 Å². The third-order valence-electron chi connectivity index (χ3n) is 14.6. The summed E-state index contributed by atoms with van der Waals surface area (Å²) in [7, 11) is 0. The molecule has 0 N–H and O–H groups in total. The summed E-state index contributed by atoms with van der Waals surface area (Å²) in [4.78, 5) is 5.00. The van der Waals surface area contributed by atoms with E-state index < -0.39 is 0 Å². The lowest BCUT2D eigenvalue weighted by atomic mass is 9.73. The van der Waals surface area contributed by atoms with Gasteiger partial charge in [0.25, 0.3) is 0 Å². The quantitative estimate of drug-likeness (QED) is 0.161. The van der Waals surface area contributed by atoms with E-state index in [-0.39, 0.29) is 16.9 Å². The summed E-state index contributed by atoms with van der Waals surface area (Å²) in [5.41, 5.74) is 20.8. The Morgan fingerprint density at radius 3 is 1.87 bits per heavy atom. The minimum absolute atomic E-state index is 0.103. The average Bonchev–Trinajstić information content (AvgIpc) is 3.75. The van der Waals surface area contributed by atoms with Crippen molar-refractivity contribution in [3.63, 3.8) is 0 Å². The molecule has 0 saturated heterocycles. The molecule has 0 bridgehead atoms. The highest BCUT2D eigenvalue weighted by Crippen LogP contribution is 2.53. The van der Waals surface area contributed by atoms with Crippen LogP contribution < -0.4 is 9.80 Å². The average molecular weight is 802 g/mol. The number of aryl methyl sites for hydroxylation is 1. The van der Waals surface area contributed by atoms with Gasteiger partial charge in [0, 0.05) is 56.2 Å². The largest absolute Gasteiger partial charge is 0.341 e. The van der Waals surface area contributed by atoms with E-state index in [4.69, 9.17) is 0 Å². The molecule has 0 amide bonds. The maximum atomic E-state index is 2.55. The Bertz CT molecular complexity index is 3170. The van der Waals surface area contributed by atoms with E-state index in [2.05, 4.69) is 224 Å². The molecular formula is C59H51N3. The van der Waals surface area contributed by atoms with Crippen LogP contribution in [0, 0.1) is 0 Å². The molecule has 302 valence electrons. The number of hydrogen-bond acceptors (Lipinski definition) is 2. The zero-order chi connectivity index (χ0) is 41.7. The second-order valence-corrected chi connectivity index (χ2v) is 18.8. The number of allylic oxidation sites excluding steroid dienone is 4. The molecule has 1 atom stereocenters. The van der Waals surface area contributed by atoms with Crippen LogP contribution in [0.4, 0.5) is 28.4 Å². The van der Waals surface area contributed by atoms with Crippen LogP contribution in [0.3, 0.4) is 0 Å². The van der Waals surface area contributed by atoms with Gasteiger partial charge in [0.05, 0.1) is 17.4 Å². The van der Waals surface area contributed by atoms with Crippen molar-refractivity contribution in [2.24, 2.45) is 0 Å². The summed E-state index contributed by atoms with van der Waals surface area (Å²) in [6, 6.07) is 55.5. The second-order valence-electron chi connectivity index (χ2n) is 18.8. The Morgan fingerprint density at radius 1 is 0.532 bits per heavy atom. The minimum atomic E-state index is -0.105. The van der Waals surface area contributed by atoms with E-state index in [1.807, 2.05) is 0 Å². The van der Waals surface area contributed by atoms with Crippen LogP contribution in [0.2, 0.25) is 0 Å². The predicted octanol–water partition coefficient (Wildman–Crippen LogP) is 15.5. The van der Waals surface area contributed by atoms with Gasteiger partial charge in [-0.3, -0.25) is 0 Å². The molecule has 62 heavy (non-hydrogen) atoms. The number of fused-ring (bicyclic) bond motifs is 9. The number of para-hydroxylation sites is 3. The molecule has 0 fully saturated rings. The first-order chi connectivity index (χ1) is 30.3. The third-order valence-corrected chi connectivity index (χ3v) is 14.6. The normalized spacial score (nSPS) is 17.9. The molecule has 2 aliphatic carbocycles. The van der Waals surface area contributed by atoms with Crippen molar-refractivity contribution < 1.29 is 0 Å². The van der Waals surface area contributed by atoms with Crippen LogP contribution in [-0.2, 0) is 17.3 Å². The van der Waals surface area contributed by atoms with E-state index >= 15 is 0 Å². The Labute approximate surface area is 365 Å². The number of nitrogens with zero attached hydrogens (tertiary/aromatic N) is 3. The van der Waals surface area contributed by atoms with E-state index in [0.29, 0.717) is 0 Å². The van der Waals surface area contributed by atoms with Gasteiger partial charge in [-0.05, 0) is 130 Å². The molecule has 4 aliphatic rings. The molecule has 3 heteroatoms. The SMILES string of the molecule is CC1(C)c2cc(C=Cc3ccc4c(c3)c3cc(N5c6ccccc6C(C)(C)c6ccccc65)ccc3n4C3C=CC=CC3)ccc2-c2ccc(N3CCCc4ccccc43)cc21. The minimum Gasteiger partial charge on any atom is -0.341 e. The lowest BCUT2D eigenvalue weighted by Crippen LogP contribution is -2.30. The van der Waals surface area contributed by atoms with E-state index in [1.54, 1.807) is 0 Å². The molecule has 3 heterocycles. The summed E-state index contributed by atoms with van der Waals surface area (Å²) in [5, 5.41) is 2.56. The number of anilines is 5. The second kappa shape index (κ2) is 13.8. The Hall–Kier alpha value is -6.84. The highest BCUT2D eigenvalue weighted by atomic mass is 15.2. The molecule has 1 unspecified atom stereocenters. The Morgan fingerprint density at radius 2 is 1.13 bits per heavy atom. The Kier molecular flexibility index (Phi) is 8.25. The van der Waals surface area contributed by atoms with E-state index in [0.717, 1.165) is 19.4 Å². The molecule has 2 aliphatic heterocycles. The van der Waals surface area contributed by atoms with Crippen molar-refractivity contribution in [3.05, 3.63) is 209 Å². The molecule has 3 nitrogen and oxygen atoms in total. The lowest BCUT2D eigenvalue weighted by molar-refractivity contribution is 0.632. The van der Waals surface area contributed by atoms with Crippen LogP contribution in [0.25, 0.3) is 45.1 Å². The van der Waals surface area contributed by atoms with Crippen molar-refractivity contribution >= 4 is 62.4 Å². The van der Waals surface area contributed by atoms with Gasteiger partial charge < -0.3 is 14.4 Å². The summed E-state index contributed by atoms with van der Waals surface area (Å²) < 4.78 is 2.55. The van der Waals surface area contributed by atoms with Crippen molar-refractivity contribution in [2.45, 2.75) is 63.8 Å². The van der Waals surface area contributed by atoms with Crippen molar-refractivity contribution in [1.82, 2.24) is 4.57 Å². The van der Waals surface area contributed by atoms with Crippen LogP contribution in [-0.4, -0.2) is 11.1 Å². The zero-order valence-electron chi connectivity index (χ0n) is 36.1. The summed E-state index contributed by atoms with van der Waals surface area (Å²) >= 11 is 0. The van der Waals surface area contributed by atoms with Crippen LogP contribution in [0.5, 0.6) is 0 Å². The van der Waals surface area contributed by atoms with E-state index in [1.165, 1.54) is 107 Å². The fourth-order valence-corrected chi connectivity index (χ4v) is 11.4. The Balaban J connectivity index is 0.922. The highest BCUT2D eigenvalue weighted by Gasteiger charge is 2.38. The van der Waals surface area contributed by atoms with E-state index in [9.17, 15) is 0 Å². The third kappa shape index (κ3) is 5.57. The fraction of sp³-hybridized carbons (Fsp3) is 0.186. The first-order valence-electron chi connectivity index (χ1n) is 22.5. The molecule has 8 aromatic rings. The van der Waals surface area contributed by atoms with Crippen LogP contribution in [0.1, 0.15) is 85.5 Å². The molecule has 0 spiro atoms. The summed E-state index contributed by atoms with van der Waals surface area (Å²) in [5.74, 6) is 0. The highest BCUT2D eigenvalue weighted by molar-refractivity contribution is 6.10. The first kappa shape index (κ1) is 37.0. The van der Waals surface area contributed by atoms with Crippen LogP contribution >= 0.6 is 0 Å².